The van der Waals surface area contributed by atoms with Crippen molar-refractivity contribution in [3.05, 3.63) is 0 Å². The van der Waals surface area contributed by atoms with Gasteiger partial charge in [0.15, 0.2) is 0 Å². The number of rotatable bonds is 0. The van der Waals surface area contributed by atoms with Crippen molar-refractivity contribution in [3.63, 3.8) is 0 Å². The fourth-order valence-corrected chi connectivity index (χ4v) is 2.17. The molecule has 1 heterocycles. The molecule has 0 radical (unpaired) electrons. The molecule has 0 amide bonds. The van der Waals surface area contributed by atoms with Gasteiger partial charge in [-0.05, 0) is 0 Å². The van der Waals surface area contributed by atoms with Crippen molar-refractivity contribution in [2.24, 2.45) is 0 Å². The van der Waals surface area contributed by atoms with E-state index < -0.39 is 0 Å². The summed E-state index contributed by atoms with van der Waals surface area (Å²) in [7, 11) is 0. The van der Waals surface area contributed by atoms with E-state index >= 15 is 0 Å². The van der Waals surface area contributed by atoms with Crippen molar-refractivity contribution in [2.45, 2.75) is 0 Å². The van der Waals surface area contributed by atoms with Gasteiger partial charge in [-0.15, -0.1) is 0 Å². The molecule has 0 bridgehead atoms. The van der Waals surface area contributed by atoms with E-state index in [0.29, 0.717) is 25.5 Å². The van der Waals surface area contributed by atoms with Gasteiger partial charge in [0, 0.05) is 0 Å². The third kappa shape index (κ3) is 0.670. The summed E-state index contributed by atoms with van der Waals surface area (Å²) in [6.07, 6.45) is 0. The Balaban J connectivity index is 2.83. The molecule has 2 N–H and O–H groups in total. The Morgan fingerprint density at radius 3 is 2.20 bits per heavy atom. The van der Waals surface area contributed by atoms with Crippen LogP contribution >= 0.6 is 0 Å². The van der Waals surface area contributed by atoms with Crippen molar-refractivity contribution in [1.29, 1.82) is 0 Å². The molecular weight excluding hydrogens is 198 g/mol. The molecule has 0 saturated heterocycles. The Kier molecular flexibility index (Phi) is 0.967. The minimum absolute atomic E-state index is 0.594. The van der Waals surface area contributed by atoms with Gasteiger partial charge in [-0.25, -0.2) is 0 Å². The van der Waals surface area contributed by atoms with Crippen LogP contribution in [0.15, 0.2) is 0 Å². The molecule has 0 saturated carbocycles. The standard InChI is InChI=1S/CH2N2Se2/c2-1-3-5-4-1/h(H2,2,3). The van der Waals surface area contributed by atoms with Crippen molar-refractivity contribution in [3.8, 4) is 0 Å². The monoisotopic (exact) mass is 202 g/mol. The number of nitrogens with zero attached hydrogens (tertiary/aromatic N) is 1. The van der Waals surface area contributed by atoms with Crippen LogP contribution in [0.25, 0.3) is 0 Å². The fraction of sp³-hybridized carbons (Fsp3) is 0. The van der Waals surface area contributed by atoms with E-state index in [2.05, 4.69) is 3.98 Å². The van der Waals surface area contributed by atoms with Gasteiger partial charge in [0.25, 0.3) is 0 Å². The van der Waals surface area contributed by atoms with Crippen LogP contribution in [-0.2, 0) is 0 Å². The van der Waals surface area contributed by atoms with E-state index in [4.69, 9.17) is 5.73 Å². The number of hydrogen-bond acceptors (Lipinski definition) is 2. The van der Waals surface area contributed by atoms with Gasteiger partial charge in [-0.2, -0.15) is 0 Å². The summed E-state index contributed by atoms with van der Waals surface area (Å²) >= 11 is 1.24. The van der Waals surface area contributed by atoms with Crippen LogP contribution in [0.3, 0.4) is 0 Å². The number of nitrogen functional groups attached to an aromatic ring is 1. The molecule has 0 spiro atoms. The molecule has 0 unspecified atom stereocenters. The molecular formula is CH2N2Se2. The second-order valence-electron chi connectivity index (χ2n) is 0.587. The Bertz CT molecular complexity index is 89.8. The normalized spacial score (nSPS) is 8.80. The molecule has 0 aliphatic rings. The quantitative estimate of drug-likeness (QED) is 0.533. The predicted octanol–water partition coefficient (Wildman–Crippen LogP) is -1.22. The van der Waals surface area contributed by atoms with Crippen LogP contribution in [0.5, 0.6) is 0 Å². The Labute approximate surface area is 40.2 Å². The number of aromatic nitrogens is 1. The second-order valence-corrected chi connectivity index (χ2v) is 5.95. The van der Waals surface area contributed by atoms with E-state index in [1.165, 1.54) is 0 Å². The molecule has 4 heteroatoms. The maximum absolute atomic E-state index is 5.17. The van der Waals surface area contributed by atoms with Crippen LogP contribution in [0.2, 0.25) is 0 Å². The minimum atomic E-state index is 0.594. The number of hydrogen-bond donors (Lipinski definition) is 1. The van der Waals surface area contributed by atoms with E-state index in [0.717, 1.165) is 4.69 Å². The molecule has 1 aromatic rings. The first kappa shape index (κ1) is 3.69. The van der Waals surface area contributed by atoms with Gasteiger partial charge < -0.3 is 0 Å². The van der Waals surface area contributed by atoms with Crippen LogP contribution in [0.1, 0.15) is 0 Å². The van der Waals surface area contributed by atoms with Crippen LogP contribution < -0.4 is 5.73 Å². The fourth-order valence-electron chi connectivity index (χ4n) is 0.0803. The average Bonchev–Trinajstić information content (AvgIpc) is 1.30. The molecule has 0 aliphatic heterocycles. The zero-order chi connectivity index (χ0) is 3.70. The summed E-state index contributed by atoms with van der Waals surface area (Å²) in [5, 5.41) is 0. The van der Waals surface area contributed by atoms with Gasteiger partial charge in [0.2, 0.25) is 0 Å². The molecule has 0 aliphatic carbocycles. The third-order valence-electron chi connectivity index (χ3n) is 0.250. The summed E-state index contributed by atoms with van der Waals surface area (Å²) in [5.41, 5.74) is 5.17. The van der Waals surface area contributed by atoms with E-state index in [1.807, 2.05) is 0 Å². The Morgan fingerprint density at radius 2 is 2.20 bits per heavy atom. The van der Waals surface area contributed by atoms with E-state index in [9.17, 15) is 0 Å². The first-order valence-corrected chi connectivity index (χ1v) is 7.02. The van der Waals surface area contributed by atoms with E-state index in [1.54, 1.807) is 0 Å². The SMILES string of the molecule is Nc1n[se][se]1. The molecule has 0 aromatic carbocycles. The van der Waals surface area contributed by atoms with Crippen LogP contribution in [0.4, 0.5) is 4.69 Å². The molecule has 2 nitrogen and oxygen atoms in total. The molecule has 1 aromatic heterocycles. The van der Waals surface area contributed by atoms with Gasteiger partial charge in [0.1, 0.15) is 0 Å². The second kappa shape index (κ2) is 1.31. The Morgan fingerprint density at radius 1 is 1.80 bits per heavy atom. The van der Waals surface area contributed by atoms with Gasteiger partial charge in [-0.1, -0.05) is 0 Å². The van der Waals surface area contributed by atoms with Gasteiger partial charge >= 0.3 is 39.9 Å². The topological polar surface area (TPSA) is 38.9 Å². The summed E-state index contributed by atoms with van der Waals surface area (Å²) in [6, 6.07) is 0. The first-order valence-electron chi connectivity index (χ1n) is 1.07. The van der Waals surface area contributed by atoms with Crippen LogP contribution in [0, 0.1) is 0 Å². The van der Waals surface area contributed by atoms with Crippen molar-refractivity contribution in [2.75, 3.05) is 5.73 Å². The molecule has 0 fully saturated rings. The van der Waals surface area contributed by atoms with Crippen molar-refractivity contribution < 1.29 is 0 Å². The summed E-state index contributed by atoms with van der Waals surface area (Å²) in [4.78, 5) is 0. The molecule has 1 rings (SSSR count). The first-order chi connectivity index (χ1) is 2.39. The maximum atomic E-state index is 5.17. The van der Waals surface area contributed by atoms with Gasteiger partial charge in [-0.3, -0.25) is 0 Å². The molecule has 0 atom stereocenters. The molecule has 28 valence electrons. The van der Waals surface area contributed by atoms with Crippen LogP contribution in [-0.4, -0.2) is 29.5 Å². The van der Waals surface area contributed by atoms with Gasteiger partial charge in [0.05, 0.1) is 0 Å². The zero-order valence-corrected chi connectivity index (χ0v) is 5.77. The van der Waals surface area contributed by atoms with E-state index in [-0.39, 0.29) is 0 Å². The molecule has 5 heavy (non-hydrogen) atoms. The number of nitrogens with two attached hydrogens (primary N) is 1. The summed E-state index contributed by atoms with van der Waals surface area (Å²) in [6.45, 7) is 0. The van der Waals surface area contributed by atoms with Crippen molar-refractivity contribution >= 4 is 30.2 Å². The summed E-state index contributed by atoms with van der Waals surface area (Å²) < 4.78 is 4.75. The van der Waals surface area contributed by atoms with Crippen molar-refractivity contribution in [1.82, 2.24) is 3.98 Å². The number of anilines is 1. The third-order valence-corrected chi connectivity index (χ3v) is 5.60. The zero-order valence-electron chi connectivity index (χ0n) is 2.34. The Hall–Kier alpha value is 0.509. The average molecular weight is 200 g/mol. The predicted molar refractivity (Wildman–Crippen MR) is 22.5 cm³/mol. The summed E-state index contributed by atoms with van der Waals surface area (Å²) in [5.74, 6) is 0.